The van der Waals surface area contributed by atoms with Crippen molar-refractivity contribution in [2.24, 2.45) is 7.05 Å². The Morgan fingerprint density at radius 3 is 2.79 bits per heavy atom. The Morgan fingerprint density at radius 1 is 1.47 bits per heavy atom. The number of allylic oxidation sites excluding steroid dienone is 1. The molecule has 0 saturated carbocycles. The third kappa shape index (κ3) is 2.65. The molecule has 5 nitrogen and oxygen atoms in total. The molecular formula is C14H13NO4. The molecule has 0 radical (unpaired) electrons. The lowest BCUT2D eigenvalue weighted by atomic mass is 10.1. The standard InChI is InChI=1S/C14H13NO4/c1-9-8-12(17)13(14(18)19-9)11(16)6-5-10-4-3-7-15(10)2/h3-8,17H,1-2H3. The Morgan fingerprint density at radius 2 is 2.21 bits per heavy atom. The largest absolute Gasteiger partial charge is 0.507 e. The molecule has 0 saturated heterocycles. The van der Waals surface area contributed by atoms with E-state index >= 15 is 0 Å². The van der Waals surface area contributed by atoms with Gasteiger partial charge in [0.15, 0.2) is 5.78 Å². The molecule has 0 spiro atoms. The van der Waals surface area contributed by atoms with E-state index in [0.717, 1.165) is 5.69 Å². The molecule has 0 aliphatic heterocycles. The van der Waals surface area contributed by atoms with Crippen LogP contribution in [0.5, 0.6) is 5.75 Å². The molecule has 2 heterocycles. The van der Waals surface area contributed by atoms with Crippen LogP contribution in [0.2, 0.25) is 0 Å². The van der Waals surface area contributed by atoms with E-state index in [-0.39, 0.29) is 17.1 Å². The highest BCUT2D eigenvalue weighted by Crippen LogP contribution is 2.15. The number of nitrogens with zero attached hydrogens (tertiary/aromatic N) is 1. The van der Waals surface area contributed by atoms with Crippen molar-refractivity contribution in [1.29, 1.82) is 0 Å². The van der Waals surface area contributed by atoms with Gasteiger partial charge in [-0.05, 0) is 31.2 Å². The van der Waals surface area contributed by atoms with Crippen LogP contribution in [0, 0.1) is 6.92 Å². The minimum atomic E-state index is -0.834. The van der Waals surface area contributed by atoms with E-state index in [4.69, 9.17) is 4.42 Å². The summed E-state index contributed by atoms with van der Waals surface area (Å²) in [5.74, 6) is -0.701. The van der Waals surface area contributed by atoms with Crippen LogP contribution >= 0.6 is 0 Å². The zero-order chi connectivity index (χ0) is 14.0. The van der Waals surface area contributed by atoms with Crippen LogP contribution in [-0.4, -0.2) is 15.5 Å². The van der Waals surface area contributed by atoms with Crippen LogP contribution in [0.15, 0.2) is 39.7 Å². The third-order valence-corrected chi connectivity index (χ3v) is 2.69. The summed E-state index contributed by atoms with van der Waals surface area (Å²) in [6, 6.07) is 4.90. The lowest BCUT2D eigenvalue weighted by Gasteiger charge is -2.00. The van der Waals surface area contributed by atoms with Crippen LogP contribution in [0.25, 0.3) is 6.08 Å². The smallest absolute Gasteiger partial charge is 0.351 e. The van der Waals surface area contributed by atoms with Crippen LogP contribution in [0.3, 0.4) is 0 Å². The van der Waals surface area contributed by atoms with Crippen LogP contribution in [-0.2, 0) is 7.05 Å². The number of rotatable bonds is 3. The summed E-state index contributed by atoms with van der Waals surface area (Å²) in [5.41, 5.74) is -0.376. The maximum absolute atomic E-state index is 11.9. The van der Waals surface area contributed by atoms with Gasteiger partial charge in [-0.15, -0.1) is 0 Å². The first-order valence-corrected chi connectivity index (χ1v) is 5.66. The van der Waals surface area contributed by atoms with Gasteiger partial charge in [-0.1, -0.05) is 0 Å². The molecule has 0 bridgehead atoms. The van der Waals surface area contributed by atoms with Crippen molar-refractivity contribution in [3.63, 3.8) is 0 Å². The molecule has 0 aliphatic rings. The number of aromatic nitrogens is 1. The van der Waals surface area contributed by atoms with Crippen molar-refractivity contribution in [3.05, 3.63) is 57.9 Å². The van der Waals surface area contributed by atoms with Crippen molar-refractivity contribution in [1.82, 2.24) is 4.57 Å². The zero-order valence-electron chi connectivity index (χ0n) is 10.6. The van der Waals surface area contributed by atoms with E-state index in [1.54, 1.807) is 6.08 Å². The quantitative estimate of drug-likeness (QED) is 0.674. The highest BCUT2D eigenvalue weighted by molar-refractivity contribution is 6.08. The summed E-state index contributed by atoms with van der Waals surface area (Å²) in [7, 11) is 1.84. The molecule has 2 aromatic rings. The van der Waals surface area contributed by atoms with Gasteiger partial charge in [0.05, 0.1) is 0 Å². The number of hydrogen-bond donors (Lipinski definition) is 1. The summed E-state index contributed by atoms with van der Waals surface area (Å²) >= 11 is 0. The lowest BCUT2D eigenvalue weighted by molar-refractivity contribution is 0.104. The van der Waals surface area contributed by atoms with Crippen LogP contribution in [0.4, 0.5) is 0 Å². The molecule has 0 unspecified atom stereocenters. The van der Waals surface area contributed by atoms with Gasteiger partial charge >= 0.3 is 5.63 Å². The second-order valence-corrected chi connectivity index (χ2v) is 4.15. The summed E-state index contributed by atoms with van der Waals surface area (Å²) in [5, 5.41) is 9.63. The van der Waals surface area contributed by atoms with Gasteiger partial charge in [0, 0.05) is 25.0 Å². The minimum Gasteiger partial charge on any atom is -0.507 e. The Hall–Kier alpha value is -2.56. The maximum Gasteiger partial charge on any atom is 0.351 e. The molecule has 98 valence electrons. The molecule has 5 heteroatoms. The number of aromatic hydroxyl groups is 1. The van der Waals surface area contributed by atoms with Gasteiger partial charge < -0.3 is 14.1 Å². The zero-order valence-corrected chi connectivity index (χ0v) is 10.6. The topological polar surface area (TPSA) is 72.4 Å². The number of aryl methyl sites for hydroxylation is 2. The number of carbonyl (C=O) groups is 1. The first-order chi connectivity index (χ1) is 8.99. The van der Waals surface area contributed by atoms with Gasteiger partial charge in [0.2, 0.25) is 0 Å². The van der Waals surface area contributed by atoms with Gasteiger partial charge in [0.25, 0.3) is 0 Å². The second-order valence-electron chi connectivity index (χ2n) is 4.15. The van der Waals surface area contributed by atoms with Crippen LogP contribution < -0.4 is 5.63 Å². The molecular weight excluding hydrogens is 246 g/mol. The number of ketones is 1. The Labute approximate surface area is 109 Å². The average Bonchev–Trinajstić information content (AvgIpc) is 2.70. The van der Waals surface area contributed by atoms with Crippen LogP contribution in [0.1, 0.15) is 21.8 Å². The molecule has 0 aromatic carbocycles. The predicted octanol–water partition coefficient (Wildman–Crippen LogP) is 1.89. The van der Waals surface area contributed by atoms with Gasteiger partial charge in [0.1, 0.15) is 17.1 Å². The second kappa shape index (κ2) is 4.97. The molecule has 19 heavy (non-hydrogen) atoms. The SMILES string of the molecule is Cc1cc(O)c(C(=O)C=Cc2cccn2C)c(=O)o1. The lowest BCUT2D eigenvalue weighted by Crippen LogP contribution is -2.13. The van der Waals surface area contributed by atoms with Crippen molar-refractivity contribution in [2.75, 3.05) is 0 Å². The van der Waals surface area contributed by atoms with Gasteiger partial charge in [-0.25, -0.2) is 4.79 Å². The summed E-state index contributed by atoms with van der Waals surface area (Å²) < 4.78 is 6.62. The Kier molecular flexibility index (Phi) is 3.37. The minimum absolute atomic E-state index is 0.255. The summed E-state index contributed by atoms with van der Waals surface area (Å²) in [6.45, 7) is 1.52. The first kappa shape index (κ1) is 12.9. The van der Waals surface area contributed by atoms with Crippen molar-refractivity contribution >= 4 is 11.9 Å². The van der Waals surface area contributed by atoms with Crippen molar-refractivity contribution in [2.45, 2.75) is 6.92 Å². The van der Waals surface area contributed by atoms with Crippen molar-refractivity contribution < 1.29 is 14.3 Å². The molecule has 0 atom stereocenters. The molecule has 0 aliphatic carbocycles. The maximum atomic E-state index is 11.9. The number of hydrogen-bond acceptors (Lipinski definition) is 4. The summed E-state index contributed by atoms with van der Waals surface area (Å²) in [4.78, 5) is 23.4. The van der Waals surface area contributed by atoms with E-state index in [0.29, 0.717) is 0 Å². The van der Waals surface area contributed by atoms with Gasteiger partial charge in [-0.3, -0.25) is 4.79 Å². The average molecular weight is 259 g/mol. The van der Waals surface area contributed by atoms with E-state index in [1.807, 2.05) is 29.9 Å². The Bertz CT molecular complexity index is 706. The fourth-order valence-electron chi connectivity index (χ4n) is 1.71. The molecule has 1 N–H and O–H groups in total. The summed E-state index contributed by atoms with van der Waals surface area (Å²) in [6.07, 6.45) is 4.64. The molecule has 2 aromatic heterocycles. The highest BCUT2D eigenvalue weighted by atomic mass is 16.4. The molecule has 0 amide bonds. The van der Waals surface area contributed by atoms with Crippen molar-refractivity contribution in [3.8, 4) is 5.75 Å². The molecule has 2 rings (SSSR count). The monoisotopic (exact) mass is 259 g/mol. The predicted molar refractivity (Wildman–Crippen MR) is 70.2 cm³/mol. The Balaban J connectivity index is 2.34. The highest BCUT2D eigenvalue weighted by Gasteiger charge is 2.15. The van der Waals surface area contributed by atoms with E-state index in [2.05, 4.69) is 0 Å². The molecule has 0 fully saturated rings. The van der Waals surface area contributed by atoms with E-state index in [9.17, 15) is 14.7 Å². The normalized spacial score (nSPS) is 11.1. The van der Waals surface area contributed by atoms with E-state index in [1.165, 1.54) is 19.1 Å². The fraction of sp³-hybridized carbons (Fsp3) is 0.143. The first-order valence-electron chi connectivity index (χ1n) is 5.66. The van der Waals surface area contributed by atoms with Gasteiger partial charge in [-0.2, -0.15) is 0 Å². The van der Waals surface area contributed by atoms with E-state index < -0.39 is 11.4 Å². The number of carbonyl (C=O) groups excluding carboxylic acids is 1. The third-order valence-electron chi connectivity index (χ3n) is 2.69. The fourth-order valence-corrected chi connectivity index (χ4v) is 1.71.